The van der Waals surface area contributed by atoms with E-state index in [9.17, 15) is 0 Å². The van der Waals surface area contributed by atoms with Crippen LogP contribution in [0.25, 0.3) is 16.6 Å². The Morgan fingerprint density at radius 1 is 1.18 bits per heavy atom. The third-order valence-corrected chi connectivity index (χ3v) is 2.85. The molecule has 5 heteroatoms. The molecule has 1 aliphatic rings. The van der Waals surface area contributed by atoms with Crippen LogP contribution in [0.3, 0.4) is 0 Å². The number of halogens is 2. The SMILES string of the molecule is C1=C(c2ccc3nc[nH]c3c2)CCNC1.Cl.Cl. The Kier molecular flexibility index (Phi) is 5.00. The van der Waals surface area contributed by atoms with E-state index in [4.69, 9.17) is 0 Å². The van der Waals surface area contributed by atoms with Crippen LogP contribution in [0.15, 0.2) is 30.6 Å². The molecule has 92 valence electrons. The lowest BCUT2D eigenvalue weighted by Crippen LogP contribution is -2.19. The Balaban J connectivity index is 0.000000722. The van der Waals surface area contributed by atoms with Gasteiger partial charge in [-0.15, -0.1) is 24.8 Å². The number of H-pyrrole nitrogens is 1. The molecule has 17 heavy (non-hydrogen) atoms. The number of aromatic amines is 1. The summed E-state index contributed by atoms with van der Waals surface area (Å²) in [5.74, 6) is 0. The van der Waals surface area contributed by atoms with Crippen LogP contribution in [-0.2, 0) is 0 Å². The zero-order valence-electron chi connectivity index (χ0n) is 9.27. The first kappa shape index (κ1) is 14.0. The van der Waals surface area contributed by atoms with E-state index in [-0.39, 0.29) is 24.8 Å². The number of hydrogen-bond donors (Lipinski definition) is 2. The monoisotopic (exact) mass is 271 g/mol. The number of nitrogens with one attached hydrogen (secondary N) is 2. The highest BCUT2D eigenvalue weighted by atomic mass is 35.5. The Labute approximate surface area is 113 Å². The lowest BCUT2D eigenvalue weighted by atomic mass is 10.00. The van der Waals surface area contributed by atoms with Crippen LogP contribution in [0.1, 0.15) is 12.0 Å². The fourth-order valence-corrected chi connectivity index (χ4v) is 2.02. The topological polar surface area (TPSA) is 40.7 Å². The van der Waals surface area contributed by atoms with E-state index in [2.05, 4.69) is 39.6 Å². The molecule has 2 heterocycles. The first-order chi connectivity index (χ1) is 7.43. The zero-order chi connectivity index (χ0) is 10.1. The van der Waals surface area contributed by atoms with Crippen molar-refractivity contribution in [1.82, 2.24) is 15.3 Å². The van der Waals surface area contributed by atoms with Gasteiger partial charge in [-0.1, -0.05) is 12.1 Å². The van der Waals surface area contributed by atoms with Crippen molar-refractivity contribution in [1.29, 1.82) is 0 Å². The fourth-order valence-electron chi connectivity index (χ4n) is 2.02. The van der Waals surface area contributed by atoms with Crippen LogP contribution in [0.5, 0.6) is 0 Å². The molecule has 0 saturated heterocycles. The molecule has 0 unspecified atom stereocenters. The maximum atomic E-state index is 4.22. The standard InChI is InChI=1S/C12H13N3.2ClH/c1-2-11-12(15-8-14-11)7-10(1)9-3-5-13-6-4-9;;/h1-3,7-8,13H,4-6H2,(H,14,15);2*1H. The molecular weight excluding hydrogens is 257 g/mol. The van der Waals surface area contributed by atoms with Crippen molar-refractivity contribution in [2.45, 2.75) is 6.42 Å². The van der Waals surface area contributed by atoms with Gasteiger partial charge in [-0.2, -0.15) is 0 Å². The van der Waals surface area contributed by atoms with E-state index >= 15 is 0 Å². The van der Waals surface area contributed by atoms with E-state index in [1.165, 1.54) is 11.1 Å². The van der Waals surface area contributed by atoms with Gasteiger partial charge in [0.15, 0.2) is 0 Å². The van der Waals surface area contributed by atoms with Gasteiger partial charge in [-0.05, 0) is 36.2 Å². The molecule has 3 nitrogen and oxygen atoms in total. The molecule has 3 rings (SSSR count). The summed E-state index contributed by atoms with van der Waals surface area (Å²) in [6.45, 7) is 2.06. The van der Waals surface area contributed by atoms with Crippen molar-refractivity contribution in [2.75, 3.05) is 13.1 Å². The highest BCUT2D eigenvalue weighted by Gasteiger charge is 2.06. The molecule has 0 radical (unpaired) electrons. The summed E-state index contributed by atoms with van der Waals surface area (Å²) in [4.78, 5) is 7.36. The Bertz CT molecular complexity index is 519. The van der Waals surface area contributed by atoms with Gasteiger partial charge in [0.2, 0.25) is 0 Å². The quantitative estimate of drug-likeness (QED) is 0.838. The van der Waals surface area contributed by atoms with Crippen molar-refractivity contribution in [3.63, 3.8) is 0 Å². The van der Waals surface area contributed by atoms with Gasteiger partial charge in [0.25, 0.3) is 0 Å². The Morgan fingerprint density at radius 3 is 2.82 bits per heavy atom. The molecule has 0 amide bonds. The third kappa shape index (κ3) is 2.80. The summed E-state index contributed by atoms with van der Waals surface area (Å²) in [6, 6.07) is 6.41. The molecule has 0 fully saturated rings. The summed E-state index contributed by atoms with van der Waals surface area (Å²) >= 11 is 0. The molecule has 0 spiro atoms. The van der Waals surface area contributed by atoms with Crippen LogP contribution in [0.2, 0.25) is 0 Å². The molecule has 1 aromatic heterocycles. The Morgan fingerprint density at radius 2 is 2.06 bits per heavy atom. The minimum absolute atomic E-state index is 0. The largest absolute Gasteiger partial charge is 0.345 e. The smallest absolute Gasteiger partial charge is 0.0931 e. The molecule has 1 aromatic carbocycles. The number of nitrogens with zero attached hydrogens (tertiary/aromatic N) is 1. The van der Waals surface area contributed by atoms with Crippen molar-refractivity contribution >= 4 is 41.4 Å². The van der Waals surface area contributed by atoms with Gasteiger partial charge in [0.1, 0.15) is 0 Å². The maximum Gasteiger partial charge on any atom is 0.0931 e. The molecule has 0 bridgehead atoms. The molecule has 1 aliphatic heterocycles. The van der Waals surface area contributed by atoms with E-state index in [1.54, 1.807) is 6.33 Å². The first-order valence-corrected chi connectivity index (χ1v) is 5.27. The van der Waals surface area contributed by atoms with Crippen LogP contribution in [-0.4, -0.2) is 23.1 Å². The zero-order valence-corrected chi connectivity index (χ0v) is 10.9. The van der Waals surface area contributed by atoms with E-state index < -0.39 is 0 Å². The van der Waals surface area contributed by atoms with Gasteiger partial charge in [-0.3, -0.25) is 0 Å². The highest BCUT2D eigenvalue weighted by Crippen LogP contribution is 2.22. The summed E-state index contributed by atoms with van der Waals surface area (Å²) in [7, 11) is 0. The number of fused-ring (bicyclic) bond motifs is 1. The van der Waals surface area contributed by atoms with Crippen LogP contribution in [0.4, 0.5) is 0 Å². The van der Waals surface area contributed by atoms with Crippen LogP contribution >= 0.6 is 24.8 Å². The van der Waals surface area contributed by atoms with Gasteiger partial charge < -0.3 is 10.3 Å². The number of rotatable bonds is 1. The second-order valence-electron chi connectivity index (χ2n) is 3.82. The minimum atomic E-state index is 0. The third-order valence-electron chi connectivity index (χ3n) is 2.85. The van der Waals surface area contributed by atoms with Gasteiger partial charge in [0.05, 0.1) is 17.4 Å². The predicted molar refractivity (Wildman–Crippen MR) is 76.1 cm³/mol. The molecule has 2 N–H and O–H groups in total. The van der Waals surface area contributed by atoms with E-state index in [0.717, 1.165) is 30.5 Å². The van der Waals surface area contributed by atoms with Crippen LogP contribution in [0, 0.1) is 0 Å². The van der Waals surface area contributed by atoms with Gasteiger partial charge >= 0.3 is 0 Å². The average molecular weight is 272 g/mol. The number of aromatic nitrogens is 2. The van der Waals surface area contributed by atoms with Crippen molar-refractivity contribution in [3.8, 4) is 0 Å². The first-order valence-electron chi connectivity index (χ1n) is 5.27. The minimum Gasteiger partial charge on any atom is -0.345 e. The second-order valence-corrected chi connectivity index (χ2v) is 3.82. The van der Waals surface area contributed by atoms with Crippen LogP contribution < -0.4 is 5.32 Å². The predicted octanol–water partition coefficient (Wildman–Crippen LogP) is 2.78. The normalized spacial score (nSPS) is 14.7. The van der Waals surface area contributed by atoms with Gasteiger partial charge in [-0.25, -0.2) is 4.98 Å². The summed E-state index contributed by atoms with van der Waals surface area (Å²) < 4.78 is 0. The summed E-state index contributed by atoms with van der Waals surface area (Å²) in [6.07, 6.45) is 5.12. The second kappa shape index (κ2) is 6.05. The Hall–Kier alpha value is -1.03. The summed E-state index contributed by atoms with van der Waals surface area (Å²) in [5.41, 5.74) is 4.90. The fraction of sp³-hybridized carbons (Fsp3) is 0.250. The molecule has 2 aromatic rings. The maximum absolute atomic E-state index is 4.22. The molecule has 0 aliphatic carbocycles. The highest BCUT2D eigenvalue weighted by molar-refractivity contribution is 5.85. The van der Waals surface area contributed by atoms with Gasteiger partial charge in [0, 0.05) is 6.54 Å². The number of hydrogen-bond acceptors (Lipinski definition) is 2. The van der Waals surface area contributed by atoms with E-state index in [0.29, 0.717) is 0 Å². The lowest BCUT2D eigenvalue weighted by Gasteiger charge is -2.13. The van der Waals surface area contributed by atoms with Crippen molar-refractivity contribution in [3.05, 3.63) is 36.2 Å². The average Bonchev–Trinajstić information content (AvgIpc) is 2.77. The van der Waals surface area contributed by atoms with Crippen molar-refractivity contribution < 1.29 is 0 Å². The number of imidazole rings is 1. The molecular formula is C12H15Cl2N3. The van der Waals surface area contributed by atoms with E-state index in [1.807, 2.05) is 0 Å². The number of benzene rings is 1. The van der Waals surface area contributed by atoms with Crippen molar-refractivity contribution in [2.24, 2.45) is 0 Å². The summed E-state index contributed by atoms with van der Waals surface area (Å²) in [5, 5.41) is 3.32. The lowest BCUT2D eigenvalue weighted by molar-refractivity contribution is 0.738. The molecule has 0 atom stereocenters. The molecule has 0 saturated carbocycles.